The number of amides is 1. The van der Waals surface area contributed by atoms with Gasteiger partial charge in [0.1, 0.15) is 11.2 Å². The lowest BCUT2D eigenvalue weighted by Crippen LogP contribution is -2.36. The van der Waals surface area contributed by atoms with Gasteiger partial charge in [-0.1, -0.05) is 6.07 Å². The molecule has 0 atom stereocenters. The van der Waals surface area contributed by atoms with Gasteiger partial charge in [-0.2, -0.15) is 10.1 Å². The summed E-state index contributed by atoms with van der Waals surface area (Å²) in [4.78, 5) is 27.0. The summed E-state index contributed by atoms with van der Waals surface area (Å²) in [6.45, 7) is 4.68. The van der Waals surface area contributed by atoms with Crippen LogP contribution in [0.1, 0.15) is 29.8 Å². The van der Waals surface area contributed by atoms with E-state index < -0.39 is 0 Å². The van der Waals surface area contributed by atoms with Crippen LogP contribution in [-0.4, -0.2) is 65.5 Å². The molecule has 3 aromatic heterocycles. The Kier molecular flexibility index (Phi) is 5.79. The Labute approximate surface area is 202 Å². The number of anilines is 3. The number of hydrogen-bond donors (Lipinski definition) is 2. The van der Waals surface area contributed by atoms with Gasteiger partial charge < -0.3 is 24.3 Å². The van der Waals surface area contributed by atoms with Crippen molar-refractivity contribution in [2.75, 3.05) is 54.5 Å². The van der Waals surface area contributed by atoms with Crippen LogP contribution in [0.15, 0.2) is 47.0 Å². The second kappa shape index (κ2) is 9.38. The van der Waals surface area contributed by atoms with Gasteiger partial charge in [0.15, 0.2) is 5.58 Å². The van der Waals surface area contributed by atoms with Gasteiger partial charge in [0.2, 0.25) is 0 Å². The van der Waals surface area contributed by atoms with Crippen LogP contribution in [0.5, 0.6) is 0 Å². The average Bonchev–Trinajstić information content (AvgIpc) is 3.60. The summed E-state index contributed by atoms with van der Waals surface area (Å²) < 4.78 is 11.6. The van der Waals surface area contributed by atoms with Crippen LogP contribution in [0.4, 0.5) is 17.4 Å². The minimum absolute atomic E-state index is 0.281. The third-order valence-corrected chi connectivity index (χ3v) is 6.48. The van der Waals surface area contributed by atoms with Crippen molar-refractivity contribution in [2.24, 2.45) is 0 Å². The molecule has 0 radical (unpaired) electrons. The number of carbonyl (C=O) groups excluding carboxylic acids is 1. The van der Waals surface area contributed by atoms with Crippen molar-refractivity contribution in [3.05, 3.63) is 48.3 Å². The summed E-state index contributed by atoms with van der Waals surface area (Å²) in [6, 6.07) is 11.7. The standard InChI is InChI=1S/C25H27N7O3/c33-24(19-6-4-5-17(27-19)18-7-8-26-30-18)28-20-16-23-21(15-22(20)31-9-2-1-3-10-31)29-25(35-23)32-11-13-34-14-12-32/h4-8,15-16H,1-3,9-14H2,(H,26,30)(H,28,33). The minimum Gasteiger partial charge on any atom is -0.423 e. The molecule has 1 amide bonds. The molecule has 0 aliphatic carbocycles. The fourth-order valence-corrected chi connectivity index (χ4v) is 4.63. The van der Waals surface area contributed by atoms with Crippen molar-refractivity contribution in [2.45, 2.75) is 19.3 Å². The number of aromatic nitrogens is 4. The van der Waals surface area contributed by atoms with E-state index in [1.165, 1.54) is 6.42 Å². The van der Waals surface area contributed by atoms with Crippen molar-refractivity contribution in [3.63, 3.8) is 0 Å². The highest BCUT2D eigenvalue weighted by Gasteiger charge is 2.22. The number of morpholine rings is 1. The number of oxazole rings is 1. The predicted octanol–water partition coefficient (Wildman–Crippen LogP) is 3.69. The summed E-state index contributed by atoms with van der Waals surface area (Å²) in [7, 11) is 0. The Morgan fingerprint density at radius 3 is 2.63 bits per heavy atom. The van der Waals surface area contributed by atoms with Gasteiger partial charge in [-0.05, 0) is 43.5 Å². The van der Waals surface area contributed by atoms with Gasteiger partial charge in [-0.15, -0.1) is 0 Å². The average molecular weight is 474 g/mol. The van der Waals surface area contributed by atoms with E-state index in [9.17, 15) is 4.79 Å². The first-order chi connectivity index (χ1) is 17.2. The molecule has 2 saturated heterocycles. The van der Waals surface area contributed by atoms with E-state index in [0.29, 0.717) is 41.9 Å². The maximum Gasteiger partial charge on any atom is 0.298 e. The summed E-state index contributed by atoms with van der Waals surface area (Å²) in [6.07, 6.45) is 5.12. The first-order valence-corrected chi connectivity index (χ1v) is 12.0. The molecule has 4 aromatic rings. The van der Waals surface area contributed by atoms with E-state index >= 15 is 0 Å². The monoisotopic (exact) mass is 473 g/mol. The van der Waals surface area contributed by atoms with E-state index in [-0.39, 0.29) is 5.91 Å². The Morgan fingerprint density at radius 1 is 0.971 bits per heavy atom. The number of nitrogens with zero attached hydrogens (tertiary/aromatic N) is 5. The van der Waals surface area contributed by atoms with Gasteiger partial charge in [0.25, 0.3) is 11.9 Å². The molecule has 1 aromatic carbocycles. The number of ether oxygens (including phenoxy) is 1. The number of nitrogens with one attached hydrogen (secondary N) is 2. The highest BCUT2D eigenvalue weighted by atomic mass is 16.5. The van der Waals surface area contributed by atoms with Crippen LogP contribution in [0.25, 0.3) is 22.5 Å². The molecule has 0 bridgehead atoms. The zero-order chi connectivity index (χ0) is 23.6. The van der Waals surface area contributed by atoms with E-state index in [4.69, 9.17) is 14.1 Å². The van der Waals surface area contributed by atoms with E-state index in [1.807, 2.05) is 30.3 Å². The fourth-order valence-electron chi connectivity index (χ4n) is 4.63. The number of aromatic amines is 1. The van der Waals surface area contributed by atoms with Gasteiger partial charge in [0.05, 0.1) is 36.0 Å². The number of fused-ring (bicyclic) bond motifs is 1. The third-order valence-electron chi connectivity index (χ3n) is 6.48. The van der Waals surface area contributed by atoms with Crippen LogP contribution in [0.3, 0.4) is 0 Å². The lowest BCUT2D eigenvalue weighted by molar-refractivity contribution is 0.102. The predicted molar refractivity (Wildman–Crippen MR) is 133 cm³/mol. The van der Waals surface area contributed by atoms with Crippen LogP contribution in [0.2, 0.25) is 0 Å². The normalized spacial score (nSPS) is 16.6. The zero-order valence-corrected chi connectivity index (χ0v) is 19.4. The number of rotatable bonds is 5. The molecule has 0 unspecified atom stereocenters. The van der Waals surface area contributed by atoms with Crippen molar-refractivity contribution in [1.29, 1.82) is 0 Å². The van der Waals surface area contributed by atoms with Crippen molar-refractivity contribution < 1.29 is 13.9 Å². The second-order valence-electron chi connectivity index (χ2n) is 8.81. The molecule has 0 spiro atoms. The molecule has 6 rings (SSSR count). The zero-order valence-electron chi connectivity index (χ0n) is 19.4. The second-order valence-corrected chi connectivity index (χ2v) is 8.81. The van der Waals surface area contributed by atoms with Gasteiger partial charge >= 0.3 is 0 Å². The molecule has 0 saturated carbocycles. The number of carbonyl (C=O) groups is 1. The Balaban J connectivity index is 1.34. The van der Waals surface area contributed by atoms with Crippen LogP contribution < -0.4 is 15.1 Å². The van der Waals surface area contributed by atoms with Crippen LogP contribution in [0, 0.1) is 0 Å². The van der Waals surface area contributed by atoms with Crippen LogP contribution in [-0.2, 0) is 4.74 Å². The Bertz CT molecular complexity index is 1320. The number of benzene rings is 1. The molecule has 2 aliphatic heterocycles. The highest BCUT2D eigenvalue weighted by molar-refractivity contribution is 6.06. The van der Waals surface area contributed by atoms with Gasteiger partial charge in [-0.25, -0.2) is 4.98 Å². The molecule has 10 nitrogen and oxygen atoms in total. The number of pyridine rings is 1. The molecule has 35 heavy (non-hydrogen) atoms. The highest BCUT2D eigenvalue weighted by Crippen LogP contribution is 2.35. The molecule has 2 N–H and O–H groups in total. The molecule has 2 aliphatic rings. The summed E-state index contributed by atoms with van der Waals surface area (Å²) in [5.41, 5.74) is 4.82. The van der Waals surface area contributed by atoms with Crippen LogP contribution >= 0.6 is 0 Å². The number of H-pyrrole nitrogens is 1. The molecule has 2 fully saturated rings. The van der Waals surface area contributed by atoms with E-state index in [2.05, 4.69) is 30.3 Å². The maximum absolute atomic E-state index is 13.3. The molecular weight excluding hydrogens is 446 g/mol. The van der Waals surface area contributed by atoms with Crippen molar-refractivity contribution >= 4 is 34.4 Å². The maximum atomic E-state index is 13.3. The van der Waals surface area contributed by atoms with Gasteiger partial charge in [-0.3, -0.25) is 9.89 Å². The van der Waals surface area contributed by atoms with Crippen molar-refractivity contribution in [3.8, 4) is 11.4 Å². The summed E-state index contributed by atoms with van der Waals surface area (Å²) >= 11 is 0. The first kappa shape index (κ1) is 21.6. The number of piperidine rings is 1. The van der Waals surface area contributed by atoms with E-state index in [0.717, 1.165) is 55.9 Å². The first-order valence-electron chi connectivity index (χ1n) is 12.0. The summed E-state index contributed by atoms with van der Waals surface area (Å²) in [5, 5.41) is 9.95. The fraction of sp³-hybridized carbons (Fsp3) is 0.360. The molecule has 10 heteroatoms. The topological polar surface area (TPSA) is 112 Å². The van der Waals surface area contributed by atoms with E-state index in [1.54, 1.807) is 12.3 Å². The molecule has 180 valence electrons. The van der Waals surface area contributed by atoms with Crippen molar-refractivity contribution in [1.82, 2.24) is 20.2 Å². The minimum atomic E-state index is -0.281. The largest absolute Gasteiger partial charge is 0.423 e. The van der Waals surface area contributed by atoms with Gasteiger partial charge in [0, 0.05) is 38.4 Å². The SMILES string of the molecule is O=C(Nc1cc2oc(N3CCOCC3)nc2cc1N1CCCCC1)c1cccc(-c2ccn[nH]2)n1. The number of hydrogen-bond acceptors (Lipinski definition) is 8. The quantitative estimate of drug-likeness (QED) is 0.451. The summed E-state index contributed by atoms with van der Waals surface area (Å²) in [5.74, 6) is -0.281. The Morgan fingerprint density at radius 2 is 1.83 bits per heavy atom. The smallest absolute Gasteiger partial charge is 0.298 e. The lowest BCUT2D eigenvalue weighted by Gasteiger charge is -2.30. The molecule has 5 heterocycles. The third kappa shape index (κ3) is 4.44. The molecular formula is C25H27N7O3. The lowest BCUT2D eigenvalue weighted by atomic mass is 10.1. The Hall–Kier alpha value is -3.92.